The number of urea groups is 1. The fraction of sp³-hybridized carbons (Fsp3) is 0.333. The van der Waals surface area contributed by atoms with Gasteiger partial charge in [-0.25, -0.2) is 4.79 Å². The number of rotatable bonds is 2. The van der Waals surface area contributed by atoms with Gasteiger partial charge >= 0.3 is 6.03 Å². The van der Waals surface area contributed by atoms with Gasteiger partial charge < -0.3 is 19.1 Å². The molecule has 1 N–H and O–H groups in total. The molecule has 0 radical (unpaired) electrons. The first-order valence-electron chi connectivity index (χ1n) is 9.24. The van der Waals surface area contributed by atoms with Crippen LogP contribution in [0.15, 0.2) is 48.5 Å². The molecule has 7 nitrogen and oxygen atoms in total. The van der Waals surface area contributed by atoms with Gasteiger partial charge in [-0.15, -0.1) is 0 Å². The number of benzene rings is 2. The average Bonchev–Trinajstić information content (AvgIpc) is 2.74. The number of imide groups is 1. The minimum absolute atomic E-state index is 0.405. The van der Waals surface area contributed by atoms with Crippen LogP contribution in [0.1, 0.15) is 28.8 Å². The second-order valence-corrected chi connectivity index (χ2v) is 6.86. The Morgan fingerprint density at radius 3 is 2.54 bits per heavy atom. The average molecular weight is 382 g/mol. The lowest BCUT2D eigenvalue weighted by molar-refractivity contribution is -0.225. The summed E-state index contributed by atoms with van der Waals surface area (Å²) in [5.41, 5.74) is 1.39. The van der Waals surface area contributed by atoms with E-state index in [1.165, 1.54) is 0 Å². The van der Waals surface area contributed by atoms with Crippen LogP contribution in [0, 0.1) is 0 Å². The maximum atomic E-state index is 12.4. The molecule has 2 aromatic carbocycles. The van der Waals surface area contributed by atoms with Crippen molar-refractivity contribution in [3.8, 4) is 11.5 Å². The fourth-order valence-electron chi connectivity index (χ4n) is 3.51. The Morgan fingerprint density at radius 1 is 1.07 bits per heavy atom. The van der Waals surface area contributed by atoms with Crippen LogP contribution in [0.3, 0.4) is 0 Å². The number of amides is 3. The van der Waals surface area contributed by atoms with Crippen LogP contribution in [-0.4, -0.2) is 42.8 Å². The van der Waals surface area contributed by atoms with E-state index in [2.05, 4.69) is 5.32 Å². The lowest BCUT2D eigenvalue weighted by Crippen LogP contribution is -2.54. The highest BCUT2D eigenvalue weighted by molar-refractivity contribution is 6.04. The van der Waals surface area contributed by atoms with Crippen LogP contribution in [0.25, 0.3) is 0 Å². The number of ether oxygens (including phenoxy) is 3. The molecule has 2 heterocycles. The zero-order chi connectivity index (χ0) is 19.6. The van der Waals surface area contributed by atoms with Gasteiger partial charge in [0.15, 0.2) is 11.5 Å². The van der Waals surface area contributed by atoms with Gasteiger partial charge in [-0.2, -0.15) is 0 Å². The zero-order valence-corrected chi connectivity index (χ0v) is 15.6. The molecule has 2 aromatic rings. The van der Waals surface area contributed by atoms with Crippen LogP contribution >= 0.6 is 0 Å². The summed E-state index contributed by atoms with van der Waals surface area (Å²) in [4.78, 5) is 26.2. The van der Waals surface area contributed by atoms with Crippen LogP contribution in [0.5, 0.6) is 11.5 Å². The Balaban J connectivity index is 1.38. The normalized spacial score (nSPS) is 17.4. The number of carbonyl (C=O) groups is 2. The summed E-state index contributed by atoms with van der Waals surface area (Å²) in [6.45, 7) is 1.29. The molecule has 0 bridgehead atoms. The highest BCUT2D eigenvalue weighted by Gasteiger charge is 2.42. The van der Waals surface area contributed by atoms with E-state index in [9.17, 15) is 9.59 Å². The molecule has 0 aliphatic carbocycles. The van der Waals surface area contributed by atoms with E-state index in [0.29, 0.717) is 49.6 Å². The molecule has 7 heteroatoms. The number of hydrogen-bond acceptors (Lipinski definition) is 5. The lowest BCUT2D eigenvalue weighted by Gasteiger charge is -2.44. The molecule has 28 heavy (non-hydrogen) atoms. The lowest BCUT2D eigenvalue weighted by atomic mass is 10.0. The molecule has 0 saturated carbocycles. The van der Waals surface area contributed by atoms with Crippen LogP contribution in [0.2, 0.25) is 0 Å². The molecule has 1 saturated heterocycles. The van der Waals surface area contributed by atoms with Crippen molar-refractivity contribution in [2.45, 2.75) is 25.2 Å². The van der Waals surface area contributed by atoms with Crippen LogP contribution < -0.4 is 14.8 Å². The second kappa shape index (κ2) is 7.52. The van der Waals surface area contributed by atoms with Crippen molar-refractivity contribution in [1.29, 1.82) is 0 Å². The Kier molecular flexibility index (Phi) is 4.92. The summed E-state index contributed by atoms with van der Waals surface area (Å²) in [5, 5.41) is 2.44. The van der Waals surface area contributed by atoms with E-state index < -0.39 is 17.7 Å². The predicted molar refractivity (Wildman–Crippen MR) is 101 cm³/mol. The van der Waals surface area contributed by atoms with Gasteiger partial charge in [-0.05, 0) is 18.2 Å². The van der Waals surface area contributed by atoms with E-state index >= 15 is 0 Å². The standard InChI is InChI=1S/C21H22N2O5/c1-26-17-9-5-8-16-14-27-21(28-18(16)17)10-12-23(13-11-21)20(25)22-19(24)15-6-3-2-4-7-15/h2-9H,10-14H2,1H3,(H,22,24,25). The summed E-state index contributed by atoms with van der Waals surface area (Å²) in [7, 11) is 1.61. The molecule has 146 valence electrons. The van der Waals surface area contributed by atoms with Gasteiger partial charge in [0.1, 0.15) is 0 Å². The molecule has 1 spiro atoms. The quantitative estimate of drug-likeness (QED) is 0.864. The first-order valence-corrected chi connectivity index (χ1v) is 9.24. The van der Waals surface area contributed by atoms with Crippen molar-refractivity contribution in [3.63, 3.8) is 0 Å². The second-order valence-electron chi connectivity index (χ2n) is 6.86. The number of piperidine rings is 1. The van der Waals surface area contributed by atoms with Crippen molar-refractivity contribution in [2.75, 3.05) is 20.2 Å². The van der Waals surface area contributed by atoms with Gasteiger partial charge in [0.2, 0.25) is 5.79 Å². The first kappa shape index (κ1) is 18.3. The van der Waals surface area contributed by atoms with Crippen molar-refractivity contribution in [2.24, 2.45) is 0 Å². The summed E-state index contributed by atoms with van der Waals surface area (Å²) < 4.78 is 17.6. The van der Waals surface area contributed by atoms with E-state index in [1.807, 2.05) is 24.3 Å². The number of carbonyl (C=O) groups excluding carboxylic acids is 2. The third kappa shape index (κ3) is 3.53. The van der Waals surface area contributed by atoms with E-state index in [1.54, 1.807) is 36.3 Å². The van der Waals surface area contributed by atoms with Crippen LogP contribution in [-0.2, 0) is 11.3 Å². The molecular weight excluding hydrogens is 360 g/mol. The highest BCUT2D eigenvalue weighted by atomic mass is 16.7. The number of nitrogens with one attached hydrogen (secondary N) is 1. The molecule has 0 atom stereocenters. The highest BCUT2D eigenvalue weighted by Crippen LogP contribution is 2.42. The molecule has 2 aliphatic heterocycles. The minimum Gasteiger partial charge on any atom is -0.493 e. The molecule has 0 aromatic heterocycles. The largest absolute Gasteiger partial charge is 0.493 e. The maximum absolute atomic E-state index is 12.4. The van der Waals surface area contributed by atoms with Crippen molar-refractivity contribution in [3.05, 3.63) is 59.7 Å². The molecule has 0 unspecified atom stereocenters. The molecule has 1 fully saturated rings. The molecule has 3 amide bonds. The number of para-hydroxylation sites is 1. The Bertz CT molecular complexity index is 861. The summed E-state index contributed by atoms with van der Waals surface area (Å²) in [5.74, 6) is 0.193. The number of hydrogen-bond donors (Lipinski definition) is 1. The summed E-state index contributed by atoms with van der Waals surface area (Å²) in [6.07, 6.45) is 1.02. The van der Waals surface area contributed by atoms with Gasteiger partial charge in [-0.3, -0.25) is 10.1 Å². The van der Waals surface area contributed by atoms with E-state index in [0.717, 1.165) is 5.56 Å². The van der Waals surface area contributed by atoms with E-state index in [-0.39, 0.29) is 0 Å². The summed E-state index contributed by atoms with van der Waals surface area (Å²) in [6, 6.07) is 14.0. The van der Waals surface area contributed by atoms with E-state index in [4.69, 9.17) is 14.2 Å². The Labute approximate surface area is 163 Å². The summed E-state index contributed by atoms with van der Waals surface area (Å²) >= 11 is 0. The molecular formula is C21H22N2O5. The van der Waals surface area contributed by atoms with Crippen molar-refractivity contribution >= 4 is 11.9 Å². The Morgan fingerprint density at radius 2 is 1.82 bits per heavy atom. The monoisotopic (exact) mass is 382 g/mol. The number of nitrogens with zero attached hydrogens (tertiary/aromatic N) is 1. The molecule has 4 rings (SSSR count). The van der Waals surface area contributed by atoms with Gasteiger partial charge in [0.05, 0.1) is 13.7 Å². The minimum atomic E-state index is -0.776. The maximum Gasteiger partial charge on any atom is 0.324 e. The SMILES string of the molecule is COc1cccc2c1OC1(CCN(C(=O)NC(=O)c3ccccc3)CC1)OC2. The van der Waals surface area contributed by atoms with Crippen LogP contribution in [0.4, 0.5) is 4.79 Å². The molecule has 2 aliphatic rings. The number of fused-ring (bicyclic) bond motifs is 1. The third-order valence-corrected chi connectivity index (χ3v) is 5.13. The smallest absolute Gasteiger partial charge is 0.324 e. The van der Waals surface area contributed by atoms with Gasteiger partial charge in [-0.1, -0.05) is 30.3 Å². The third-order valence-electron chi connectivity index (χ3n) is 5.13. The zero-order valence-electron chi connectivity index (χ0n) is 15.6. The van der Waals surface area contributed by atoms with Gasteiger partial charge in [0.25, 0.3) is 5.91 Å². The Hall–Kier alpha value is -3.06. The predicted octanol–water partition coefficient (Wildman–Crippen LogP) is 2.95. The fourth-order valence-corrected chi connectivity index (χ4v) is 3.51. The van der Waals surface area contributed by atoms with Gasteiger partial charge in [0, 0.05) is 37.1 Å². The van der Waals surface area contributed by atoms with Crippen molar-refractivity contribution < 1.29 is 23.8 Å². The van der Waals surface area contributed by atoms with Crippen molar-refractivity contribution in [1.82, 2.24) is 10.2 Å². The number of likely N-dealkylation sites (tertiary alicyclic amines) is 1. The topological polar surface area (TPSA) is 77.1 Å². The number of methoxy groups -OCH3 is 1. The first-order chi connectivity index (χ1) is 13.6.